The van der Waals surface area contributed by atoms with Gasteiger partial charge in [-0.25, -0.2) is 0 Å². The molecule has 0 radical (unpaired) electrons. The van der Waals surface area contributed by atoms with Crippen LogP contribution in [0.5, 0.6) is 0 Å². The van der Waals surface area contributed by atoms with E-state index in [9.17, 15) is 5.26 Å². The third-order valence-electron chi connectivity index (χ3n) is 5.30. The van der Waals surface area contributed by atoms with Crippen LogP contribution < -0.4 is 0 Å². The molecule has 0 bridgehead atoms. The Morgan fingerprint density at radius 1 is 1.06 bits per heavy atom. The molecule has 2 heteroatoms. The smallest absolute Gasteiger partial charge is 0.0672 e. The van der Waals surface area contributed by atoms with Crippen molar-refractivity contribution in [2.24, 2.45) is 11.3 Å². The van der Waals surface area contributed by atoms with Gasteiger partial charge in [0, 0.05) is 12.1 Å². The second-order valence-electron chi connectivity index (χ2n) is 7.15. The van der Waals surface area contributed by atoms with Gasteiger partial charge in [0.05, 0.1) is 12.0 Å². The summed E-state index contributed by atoms with van der Waals surface area (Å²) in [5.74, 6) is 0.277. The van der Waals surface area contributed by atoms with Gasteiger partial charge in [-0.2, -0.15) is 5.26 Å². The molecule has 2 rings (SSSR count). The van der Waals surface area contributed by atoms with E-state index in [1.54, 1.807) is 0 Å². The molecule has 0 aromatic carbocycles. The average Bonchev–Trinajstić information content (AvgIpc) is 2.38. The molecule has 0 saturated heterocycles. The summed E-state index contributed by atoms with van der Waals surface area (Å²) in [7, 11) is 2.27. The number of nitrogens with zero attached hydrogens (tertiary/aromatic N) is 2. The number of rotatable bonds is 2. The van der Waals surface area contributed by atoms with Crippen LogP contribution in [0, 0.1) is 22.7 Å². The minimum atomic E-state index is 0.277. The van der Waals surface area contributed by atoms with E-state index in [0.29, 0.717) is 11.5 Å². The Balaban J connectivity index is 1.94. The van der Waals surface area contributed by atoms with Crippen molar-refractivity contribution < 1.29 is 0 Å². The first-order chi connectivity index (χ1) is 8.53. The fraction of sp³-hybridized carbons (Fsp3) is 0.938. The van der Waals surface area contributed by atoms with E-state index in [1.165, 1.54) is 44.9 Å². The van der Waals surface area contributed by atoms with Crippen LogP contribution in [-0.2, 0) is 0 Å². The van der Waals surface area contributed by atoms with Crippen molar-refractivity contribution >= 4 is 0 Å². The summed E-state index contributed by atoms with van der Waals surface area (Å²) < 4.78 is 0. The summed E-state index contributed by atoms with van der Waals surface area (Å²) in [6.07, 6.45) is 10.2. The van der Waals surface area contributed by atoms with Gasteiger partial charge in [-0.1, -0.05) is 26.7 Å². The number of nitriles is 1. The quantitative estimate of drug-likeness (QED) is 0.739. The predicted molar refractivity (Wildman–Crippen MR) is 75.2 cm³/mol. The first-order valence-electron chi connectivity index (χ1n) is 7.65. The Hall–Kier alpha value is -0.550. The molecule has 102 valence electrons. The Kier molecular flexibility index (Phi) is 4.33. The zero-order chi connectivity index (χ0) is 13.2. The molecule has 18 heavy (non-hydrogen) atoms. The van der Waals surface area contributed by atoms with Crippen LogP contribution in [-0.4, -0.2) is 24.0 Å². The van der Waals surface area contributed by atoms with Crippen molar-refractivity contribution in [2.75, 3.05) is 7.05 Å². The van der Waals surface area contributed by atoms with Gasteiger partial charge >= 0.3 is 0 Å². The highest BCUT2D eigenvalue weighted by atomic mass is 15.2. The largest absolute Gasteiger partial charge is 0.299 e. The average molecular weight is 248 g/mol. The van der Waals surface area contributed by atoms with E-state index in [1.807, 2.05) is 0 Å². The third kappa shape index (κ3) is 3.06. The zero-order valence-corrected chi connectivity index (χ0v) is 12.3. The van der Waals surface area contributed by atoms with Crippen molar-refractivity contribution in [3.05, 3.63) is 0 Å². The van der Waals surface area contributed by atoms with E-state index >= 15 is 0 Å². The van der Waals surface area contributed by atoms with Gasteiger partial charge in [0.15, 0.2) is 0 Å². The molecule has 2 aliphatic carbocycles. The SMILES string of the molecule is CN(C1CCC(C)(C)CC1)C1CCCCC1C#N. The number of hydrogen-bond donors (Lipinski definition) is 0. The lowest BCUT2D eigenvalue weighted by atomic mass is 9.74. The van der Waals surface area contributed by atoms with Crippen LogP contribution in [0.4, 0.5) is 0 Å². The molecule has 0 spiro atoms. The van der Waals surface area contributed by atoms with Crippen LogP contribution in [0.3, 0.4) is 0 Å². The monoisotopic (exact) mass is 248 g/mol. The summed E-state index contributed by atoms with van der Waals surface area (Å²) in [6, 6.07) is 3.79. The van der Waals surface area contributed by atoms with Crippen LogP contribution in [0.1, 0.15) is 65.2 Å². The zero-order valence-electron chi connectivity index (χ0n) is 12.3. The molecule has 0 aromatic rings. The maximum atomic E-state index is 9.32. The highest BCUT2D eigenvalue weighted by Gasteiger charge is 2.35. The van der Waals surface area contributed by atoms with Crippen molar-refractivity contribution in [2.45, 2.75) is 77.3 Å². The van der Waals surface area contributed by atoms with E-state index in [2.05, 4.69) is 31.9 Å². The molecule has 0 aliphatic heterocycles. The van der Waals surface area contributed by atoms with E-state index in [4.69, 9.17) is 0 Å². The van der Waals surface area contributed by atoms with Gasteiger partial charge in [-0.3, -0.25) is 4.90 Å². The van der Waals surface area contributed by atoms with Gasteiger partial charge in [0.25, 0.3) is 0 Å². The normalized spacial score (nSPS) is 33.3. The van der Waals surface area contributed by atoms with E-state index < -0.39 is 0 Å². The second kappa shape index (κ2) is 5.61. The molecule has 2 aliphatic rings. The van der Waals surface area contributed by atoms with Crippen molar-refractivity contribution in [1.82, 2.24) is 4.90 Å². The van der Waals surface area contributed by atoms with Crippen LogP contribution in [0.15, 0.2) is 0 Å². The van der Waals surface area contributed by atoms with Crippen molar-refractivity contribution in [3.63, 3.8) is 0 Å². The summed E-state index contributed by atoms with van der Waals surface area (Å²) in [4.78, 5) is 2.56. The Morgan fingerprint density at radius 2 is 1.67 bits per heavy atom. The molecule has 0 heterocycles. The highest BCUT2D eigenvalue weighted by Crippen LogP contribution is 2.38. The lowest BCUT2D eigenvalue weighted by Crippen LogP contribution is -2.47. The minimum Gasteiger partial charge on any atom is -0.299 e. The van der Waals surface area contributed by atoms with Crippen LogP contribution in [0.2, 0.25) is 0 Å². The first-order valence-corrected chi connectivity index (χ1v) is 7.65. The molecule has 2 saturated carbocycles. The molecule has 2 unspecified atom stereocenters. The fourth-order valence-electron chi connectivity index (χ4n) is 3.81. The maximum Gasteiger partial charge on any atom is 0.0672 e. The molecule has 0 N–H and O–H groups in total. The third-order valence-corrected chi connectivity index (χ3v) is 5.30. The van der Waals surface area contributed by atoms with Gasteiger partial charge in [-0.05, 0) is 51.0 Å². The summed E-state index contributed by atoms with van der Waals surface area (Å²) in [6.45, 7) is 4.78. The maximum absolute atomic E-state index is 9.32. The Labute approximate surface area is 112 Å². The summed E-state index contributed by atoms with van der Waals surface area (Å²) in [5, 5.41) is 9.32. The van der Waals surface area contributed by atoms with Gasteiger partial charge in [0.1, 0.15) is 0 Å². The number of hydrogen-bond acceptors (Lipinski definition) is 2. The minimum absolute atomic E-state index is 0.277. The lowest BCUT2D eigenvalue weighted by Gasteiger charge is -2.44. The first kappa shape index (κ1) is 13.9. The van der Waals surface area contributed by atoms with Gasteiger partial charge in [0.2, 0.25) is 0 Å². The van der Waals surface area contributed by atoms with Gasteiger partial charge < -0.3 is 0 Å². The fourth-order valence-corrected chi connectivity index (χ4v) is 3.81. The summed E-state index contributed by atoms with van der Waals surface area (Å²) in [5.41, 5.74) is 0.540. The molecular weight excluding hydrogens is 220 g/mol. The molecule has 0 aromatic heterocycles. The van der Waals surface area contributed by atoms with E-state index in [0.717, 1.165) is 12.5 Å². The molecule has 2 fully saturated rings. The van der Waals surface area contributed by atoms with E-state index in [-0.39, 0.29) is 5.92 Å². The predicted octanol–water partition coefficient (Wildman–Crippen LogP) is 3.97. The van der Waals surface area contributed by atoms with Crippen molar-refractivity contribution in [3.8, 4) is 6.07 Å². The molecular formula is C16H28N2. The topological polar surface area (TPSA) is 27.0 Å². The highest BCUT2D eigenvalue weighted by molar-refractivity contribution is 4.97. The standard InChI is InChI=1S/C16H28N2/c1-16(2)10-8-14(9-11-16)18(3)15-7-5-4-6-13(15)12-17/h13-15H,4-11H2,1-3H3. The molecule has 0 amide bonds. The van der Waals surface area contributed by atoms with Crippen LogP contribution >= 0.6 is 0 Å². The lowest BCUT2D eigenvalue weighted by molar-refractivity contribution is 0.0629. The molecule has 2 atom stereocenters. The van der Waals surface area contributed by atoms with Crippen LogP contribution in [0.25, 0.3) is 0 Å². The Bertz CT molecular complexity index is 306. The molecule has 2 nitrogen and oxygen atoms in total. The summed E-state index contributed by atoms with van der Waals surface area (Å²) >= 11 is 0. The van der Waals surface area contributed by atoms with Gasteiger partial charge in [-0.15, -0.1) is 0 Å². The second-order valence-corrected chi connectivity index (χ2v) is 7.15. The van der Waals surface area contributed by atoms with Crippen molar-refractivity contribution in [1.29, 1.82) is 5.26 Å². The Morgan fingerprint density at radius 3 is 2.28 bits per heavy atom.